The first kappa shape index (κ1) is 21.1. The highest BCUT2D eigenvalue weighted by atomic mass is 19.1. The number of benzene rings is 2. The van der Waals surface area contributed by atoms with Gasteiger partial charge in [-0.1, -0.05) is 12.1 Å². The van der Waals surface area contributed by atoms with Gasteiger partial charge in [-0.05, 0) is 48.4 Å². The fourth-order valence-corrected chi connectivity index (χ4v) is 2.68. The molecule has 0 fully saturated rings. The van der Waals surface area contributed by atoms with Gasteiger partial charge >= 0.3 is 5.97 Å². The average molecular weight is 387 g/mol. The van der Waals surface area contributed by atoms with Crippen LogP contribution in [0, 0.1) is 5.82 Å². The normalized spacial score (nSPS) is 11.5. The molecule has 0 bridgehead atoms. The number of aliphatic carboxylic acids is 1. The maximum absolute atomic E-state index is 13.0. The van der Waals surface area contributed by atoms with Gasteiger partial charge in [0.25, 0.3) is 0 Å². The second-order valence-corrected chi connectivity index (χ2v) is 6.25. The quantitative estimate of drug-likeness (QED) is 0.611. The number of halogens is 1. The van der Waals surface area contributed by atoms with Crippen LogP contribution in [0.4, 0.5) is 4.39 Å². The second kappa shape index (κ2) is 10.2. The fraction of sp³-hybridized carbons (Fsp3) is 0.286. The molecular weight excluding hydrogens is 365 g/mol. The van der Waals surface area contributed by atoms with E-state index >= 15 is 0 Å². The van der Waals surface area contributed by atoms with E-state index in [2.05, 4.69) is 5.32 Å². The van der Waals surface area contributed by atoms with E-state index in [1.807, 2.05) is 0 Å². The summed E-state index contributed by atoms with van der Waals surface area (Å²) < 4.78 is 18.0. The summed E-state index contributed by atoms with van der Waals surface area (Å²) in [5, 5.41) is 11.9. The van der Waals surface area contributed by atoms with Gasteiger partial charge in [-0.2, -0.15) is 0 Å². The van der Waals surface area contributed by atoms with Crippen molar-refractivity contribution in [1.82, 2.24) is 5.32 Å². The van der Waals surface area contributed by atoms with Crippen molar-refractivity contribution in [3.63, 3.8) is 0 Å². The summed E-state index contributed by atoms with van der Waals surface area (Å²) in [5.41, 5.74) is 0.951. The lowest BCUT2D eigenvalue weighted by atomic mass is 9.99. The molecule has 28 heavy (non-hydrogen) atoms. The topological polar surface area (TPSA) is 92.7 Å². The number of ether oxygens (including phenoxy) is 1. The number of Topliss-reactive ketones (excluding diaryl/α,β-unsaturated/α-hetero) is 1. The monoisotopic (exact) mass is 387 g/mol. The number of carboxylic acid groups (broad SMARTS) is 1. The van der Waals surface area contributed by atoms with Crippen LogP contribution in [0.2, 0.25) is 0 Å². The summed E-state index contributed by atoms with van der Waals surface area (Å²) in [6, 6.07) is 11.9. The van der Waals surface area contributed by atoms with Gasteiger partial charge in [0, 0.05) is 24.9 Å². The van der Waals surface area contributed by atoms with Crippen LogP contribution in [0.15, 0.2) is 48.5 Å². The Balaban J connectivity index is 1.78. The molecule has 0 aromatic heterocycles. The largest absolute Gasteiger partial charge is 0.497 e. The van der Waals surface area contributed by atoms with Crippen molar-refractivity contribution in [1.29, 1.82) is 0 Å². The van der Waals surface area contributed by atoms with Gasteiger partial charge in [-0.25, -0.2) is 4.39 Å². The van der Waals surface area contributed by atoms with Gasteiger partial charge in [0.05, 0.1) is 13.0 Å². The molecule has 6 nitrogen and oxygen atoms in total. The number of amides is 1. The average Bonchev–Trinajstić information content (AvgIpc) is 2.69. The van der Waals surface area contributed by atoms with Gasteiger partial charge < -0.3 is 15.2 Å². The molecule has 0 aliphatic heterocycles. The molecule has 1 atom stereocenters. The maximum atomic E-state index is 13.0. The zero-order chi connectivity index (χ0) is 20.5. The molecule has 148 valence electrons. The molecule has 0 saturated heterocycles. The lowest BCUT2D eigenvalue weighted by Gasteiger charge is -2.14. The molecule has 0 spiro atoms. The molecule has 2 aromatic carbocycles. The van der Waals surface area contributed by atoms with E-state index in [0.717, 1.165) is 0 Å². The number of hydrogen-bond acceptors (Lipinski definition) is 4. The second-order valence-electron chi connectivity index (χ2n) is 6.25. The molecule has 1 unspecified atom stereocenters. The van der Waals surface area contributed by atoms with E-state index in [4.69, 9.17) is 4.74 Å². The molecule has 2 rings (SSSR count). The highest BCUT2D eigenvalue weighted by Gasteiger charge is 2.20. The summed E-state index contributed by atoms with van der Waals surface area (Å²) in [5.74, 6) is -2.29. The Bertz CT molecular complexity index is 818. The van der Waals surface area contributed by atoms with Gasteiger partial charge in [-0.3, -0.25) is 14.4 Å². The van der Waals surface area contributed by atoms with Crippen LogP contribution in [0.5, 0.6) is 5.75 Å². The van der Waals surface area contributed by atoms with Gasteiger partial charge in [0.15, 0.2) is 5.78 Å². The lowest BCUT2D eigenvalue weighted by molar-refractivity contribution is -0.138. The van der Waals surface area contributed by atoms with Crippen molar-refractivity contribution in [3.8, 4) is 5.75 Å². The van der Waals surface area contributed by atoms with Crippen LogP contribution in [-0.2, 0) is 9.59 Å². The number of ketones is 1. The fourth-order valence-electron chi connectivity index (χ4n) is 2.68. The first-order valence-electron chi connectivity index (χ1n) is 8.83. The molecule has 1 amide bonds. The SMILES string of the molecule is COc1ccc(C(=O)CCCC(=O)NCC(C(=O)O)c2ccc(F)cc2)cc1. The summed E-state index contributed by atoms with van der Waals surface area (Å²) in [6.45, 7) is -0.105. The van der Waals surface area contributed by atoms with E-state index in [9.17, 15) is 23.9 Å². The highest BCUT2D eigenvalue weighted by Crippen LogP contribution is 2.17. The summed E-state index contributed by atoms with van der Waals surface area (Å²) >= 11 is 0. The Morgan fingerprint density at radius 3 is 2.25 bits per heavy atom. The van der Waals surface area contributed by atoms with Gasteiger partial charge in [0.2, 0.25) is 5.91 Å². The molecule has 7 heteroatoms. The van der Waals surface area contributed by atoms with Crippen molar-refractivity contribution >= 4 is 17.7 Å². The molecule has 0 heterocycles. The molecule has 2 aromatic rings. The predicted octanol–water partition coefficient (Wildman–Crippen LogP) is 3.17. The standard InChI is InChI=1S/C21H22FNO5/c1-28-17-11-7-15(8-12-17)19(24)3-2-4-20(25)23-13-18(21(26)27)14-5-9-16(22)10-6-14/h5-12,18H,2-4,13H2,1H3,(H,23,25)(H,26,27). The zero-order valence-corrected chi connectivity index (χ0v) is 15.5. The molecule has 2 N–H and O–H groups in total. The lowest BCUT2D eigenvalue weighted by Crippen LogP contribution is -2.31. The Kier molecular flexibility index (Phi) is 7.68. The van der Waals surface area contributed by atoms with Crippen LogP contribution in [0.25, 0.3) is 0 Å². The summed E-state index contributed by atoms with van der Waals surface area (Å²) in [6.07, 6.45) is 0.669. The Labute approximate surface area is 162 Å². The van der Waals surface area contributed by atoms with E-state index < -0.39 is 17.7 Å². The minimum atomic E-state index is -1.11. The van der Waals surface area contributed by atoms with E-state index in [-0.39, 0.29) is 31.1 Å². The van der Waals surface area contributed by atoms with E-state index in [1.165, 1.54) is 24.3 Å². The Morgan fingerprint density at radius 2 is 1.68 bits per heavy atom. The van der Waals surface area contributed by atoms with Crippen molar-refractivity contribution < 1.29 is 28.6 Å². The zero-order valence-electron chi connectivity index (χ0n) is 15.5. The van der Waals surface area contributed by atoms with E-state index in [1.54, 1.807) is 31.4 Å². The molecule has 0 radical (unpaired) electrons. The minimum absolute atomic E-state index is 0.0785. The number of carbonyl (C=O) groups is 3. The first-order chi connectivity index (χ1) is 13.4. The number of rotatable bonds is 10. The third-order valence-corrected chi connectivity index (χ3v) is 4.29. The van der Waals surface area contributed by atoms with Crippen LogP contribution in [0.1, 0.15) is 41.1 Å². The Morgan fingerprint density at radius 1 is 1.04 bits per heavy atom. The molecule has 0 aliphatic carbocycles. The Hall–Kier alpha value is -3.22. The van der Waals surface area contributed by atoms with Crippen molar-refractivity contribution in [2.24, 2.45) is 0 Å². The van der Waals surface area contributed by atoms with Crippen LogP contribution in [0.3, 0.4) is 0 Å². The number of nitrogens with one attached hydrogen (secondary N) is 1. The third kappa shape index (κ3) is 6.19. The maximum Gasteiger partial charge on any atom is 0.312 e. The van der Waals surface area contributed by atoms with Crippen molar-refractivity contribution in [2.75, 3.05) is 13.7 Å². The van der Waals surface area contributed by atoms with E-state index in [0.29, 0.717) is 23.3 Å². The number of methoxy groups -OCH3 is 1. The van der Waals surface area contributed by atoms with Crippen LogP contribution >= 0.6 is 0 Å². The molecular formula is C21H22FNO5. The summed E-state index contributed by atoms with van der Waals surface area (Å²) in [4.78, 5) is 35.5. The van der Waals surface area contributed by atoms with Crippen LogP contribution < -0.4 is 10.1 Å². The van der Waals surface area contributed by atoms with Gasteiger partial charge in [0.1, 0.15) is 11.6 Å². The molecule has 0 saturated carbocycles. The van der Waals surface area contributed by atoms with Crippen molar-refractivity contribution in [3.05, 3.63) is 65.5 Å². The number of carboxylic acids is 1. The summed E-state index contributed by atoms with van der Waals surface area (Å²) in [7, 11) is 1.54. The predicted molar refractivity (Wildman–Crippen MR) is 101 cm³/mol. The highest BCUT2D eigenvalue weighted by molar-refractivity contribution is 5.96. The smallest absolute Gasteiger partial charge is 0.312 e. The number of hydrogen-bond donors (Lipinski definition) is 2. The third-order valence-electron chi connectivity index (χ3n) is 4.29. The number of carbonyl (C=O) groups excluding carboxylic acids is 2. The first-order valence-corrected chi connectivity index (χ1v) is 8.83. The van der Waals surface area contributed by atoms with Crippen molar-refractivity contribution in [2.45, 2.75) is 25.2 Å². The van der Waals surface area contributed by atoms with Crippen LogP contribution in [-0.4, -0.2) is 36.4 Å². The molecule has 0 aliphatic rings. The van der Waals surface area contributed by atoms with Gasteiger partial charge in [-0.15, -0.1) is 0 Å². The minimum Gasteiger partial charge on any atom is -0.497 e.